The molecule has 2 aromatic carbocycles. The molecular formula is C29H37F3N2O. The Hall–Kier alpha value is -2.99. The number of ether oxygens (including phenoxy) is 1. The Morgan fingerprint density at radius 2 is 1.63 bits per heavy atom. The summed E-state index contributed by atoms with van der Waals surface area (Å²) in [6.07, 6.45) is -2.57. The third-order valence-corrected chi connectivity index (χ3v) is 5.96. The summed E-state index contributed by atoms with van der Waals surface area (Å²) in [5, 5.41) is 0. The van der Waals surface area contributed by atoms with Crippen molar-refractivity contribution in [3.8, 4) is 5.75 Å². The highest BCUT2D eigenvalue weighted by molar-refractivity contribution is 5.77. The lowest BCUT2D eigenvalue weighted by molar-refractivity contribution is -0.137. The van der Waals surface area contributed by atoms with Crippen LogP contribution in [0, 0.1) is 6.92 Å². The van der Waals surface area contributed by atoms with Gasteiger partial charge in [0.15, 0.2) is 0 Å². The maximum absolute atomic E-state index is 12.9. The number of alkyl halides is 3. The maximum Gasteiger partial charge on any atom is 0.416 e. The van der Waals surface area contributed by atoms with E-state index < -0.39 is 17.3 Å². The Morgan fingerprint density at radius 1 is 1.03 bits per heavy atom. The molecule has 0 aliphatic rings. The van der Waals surface area contributed by atoms with Crippen LogP contribution in [-0.4, -0.2) is 43.1 Å². The predicted octanol–water partition coefficient (Wildman–Crippen LogP) is 7.34. The molecule has 3 nitrogen and oxygen atoms in total. The van der Waals surface area contributed by atoms with Gasteiger partial charge in [0, 0.05) is 32.9 Å². The highest BCUT2D eigenvalue weighted by atomic mass is 19.4. The number of hydrogen-bond acceptors (Lipinski definition) is 3. The molecule has 0 fully saturated rings. The fourth-order valence-electron chi connectivity index (χ4n) is 3.72. The minimum atomic E-state index is -4.35. The van der Waals surface area contributed by atoms with Crippen LogP contribution in [0.5, 0.6) is 5.75 Å². The second-order valence-corrected chi connectivity index (χ2v) is 9.70. The Morgan fingerprint density at radius 3 is 2.11 bits per heavy atom. The zero-order valence-corrected chi connectivity index (χ0v) is 21.9. The van der Waals surface area contributed by atoms with Gasteiger partial charge in [-0.15, -0.1) is 0 Å². The highest BCUT2D eigenvalue weighted by Crippen LogP contribution is 2.32. The number of hydrogen-bond donors (Lipinski definition) is 0. The summed E-state index contributed by atoms with van der Waals surface area (Å²) < 4.78 is 44.8. The minimum absolute atomic E-state index is 0.443. The van der Waals surface area contributed by atoms with Crippen molar-refractivity contribution < 1.29 is 17.9 Å². The average Bonchev–Trinajstić information content (AvgIpc) is 2.77. The average molecular weight is 487 g/mol. The van der Waals surface area contributed by atoms with Crippen molar-refractivity contribution in [1.82, 2.24) is 9.80 Å². The fourth-order valence-corrected chi connectivity index (χ4v) is 3.72. The van der Waals surface area contributed by atoms with Crippen LogP contribution in [0.4, 0.5) is 13.2 Å². The molecule has 6 heteroatoms. The van der Waals surface area contributed by atoms with Crippen molar-refractivity contribution >= 4 is 5.57 Å². The molecule has 0 unspecified atom stereocenters. The van der Waals surface area contributed by atoms with Gasteiger partial charge in [-0.1, -0.05) is 37.4 Å². The Kier molecular flexibility index (Phi) is 9.01. The predicted molar refractivity (Wildman–Crippen MR) is 139 cm³/mol. The lowest BCUT2D eigenvalue weighted by atomic mass is 9.97. The summed E-state index contributed by atoms with van der Waals surface area (Å²) in [5.41, 5.74) is 4.47. The maximum atomic E-state index is 12.9. The third-order valence-electron chi connectivity index (χ3n) is 5.96. The first-order valence-corrected chi connectivity index (χ1v) is 11.5. The molecule has 0 aliphatic heterocycles. The van der Waals surface area contributed by atoms with E-state index in [-0.39, 0.29) is 0 Å². The van der Waals surface area contributed by atoms with Gasteiger partial charge in [0.2, 0.25) is 0 Å². The number of allylic oxidation sites excluding steroid dienone is 2. The van der Waals surface area contributed by atoms with Crippen molar-refractivity contribution in [3.05, 3.63) is 95.2 Å². The van der Waals surface area contributed by atoms with Gasteiger partial charge in [-0.25, -0.2) is 0 Å². The third kappa shape index (κ3) is 7.76. The van der Waals surface area contributed by atoms with Gasteiger partial charge in [0.1, 0.15) is 11.4 Å². The molecule has 0 saturated heterocycles. The number of nitrogens with zero attached hydrogens (tertiary/aromatic N) is 2. The number of halogens is 3. The summed E-state index contributed by atoms with van der Waals surface area (Å²) in [4.78, 5) is 4.22. The molecule has 0 aromatic heterocycles. The first kappa shape index (κ1) is 28.2. The van der Waals surface area contributed by atoms with E-state index in [1.807, 2.05) is 59.8 Å². The molecule has 0 aliphatic carbocycles. The molecule has 0 amide bonds. The molecule has 0 heterocycles. The van der Waals surface area contributed by atoms with Gasteiger partial charge in [0.05, 0.1) is 5.56 Å². The Labute approximate surface area is 208 Å². The van der Waals surface area contributed by atoms with E-state index in [9.17, 15) is 13.2 Å². The van der Waals surface area contributed by atoms with Crippen molar-refractivity contribution in [2.45, 2.75) is 46.0 Å². The van der Waals surface area contributed by atoms with Crippen LogP contribution >= 0.6 is 0 Å². The van der Waals surface area contributed by atoms with Gasteiger partial charge >= 0.3 is 6.18 Å². The van der Waals surface area contributed by atoms with E-state index in [1.54, 1.807) is 6.08 Å². The van der Waals surface area contributed by atoms with E-state index in [2.05, 4.69) is 30.2 Å². The SMILES string of the molecule is C=CC(C)(C)Oc1ccc(CN(C)C/C(=C(\C)C(=C)c2ccc(C(F)(F)F)cc2)N(C)C)cc1C. The topological polar surface area (TPSA) is 15.7 Å². The number of aryl methyl sites for hydroxylation is 1. The van der Waals surface area contributed by atoms with E-state index in [0.717, 1.165) is 46.8 Å². The molecule has 0 radical (unpaired) electrons. The normalized spacial score (nSPS) is 12.9. The van der Waals surface area contributed by atoms with Gasteiger partial charge in [0.25, 0.3) is 0 Å². The van der Waals surface area contributed by atoms with Crippen molar-refractivity contribution in [2.24, 2.45) is 0 Å². The minimum Gasteiger partial charge on any atom is -0.484 e. The van der Waals surface area contributed by atoms with Crippen molar-refractivity contribution in [2.75, 3.05) is 27.7 Å². The first-order valence-electron chi connectivity index (χ1n) is 11.5. The summed E-state index contributed by atoms with van der Waals surface area (Å²) in [5.74, 6) is 0.832. The van der Waals surface area contributed by atoms with Crippen LogP contribution in [0.25, 0.3) is 5.57 Å². The van der Waals surface area contributed by atoms with Crippen LogP contribution in [-0.2, 0) is 12.7 Å². The molecule has 0 saturated carbocycles. The summed E-state index contributed by atoms with van der Waals surface area (Å²) in [7, 11) is 5.97. The molecular weight excluding hydrogens is 449 g/mol. The summed E-state index contributed by atoms with van der Waals surface area (Å²) in [6.45, 7) is 17.3. The monoisotopic (exact) mass is 486 g/mol. The molecule has 0 spiro atoms. The van der Waals surface area contributed by atoms with E-state index >= 15 is 0 Å². The second-order valence-electron chi connectivity index (χ2n) is 9.70. The second kappa shape index (κ2) is 11.2. The van der Waals surface area contributed by atoms with Crippen molar-refractivity contribution in [1.29, 1.82) is 0 Å². The molecule has 35 heavy (non-hydrogen) atoms. The largest absolute Gasteiger partial charge is 0.484 e. The Balaban J connectivity index is 2.18. The number of benzene rings is 2. The van der Waals surface area contributed by atoms with E-state index in [1.165, 1.54) is 12.1 Å². The summed E-state index contributed by atoms with van der Waals surface area (Å²) in [6, 6.07) is 11.3. The van der Waals surface area contributed by atoms with Crippen molar-refractivity contribution in [3.63, 3.8) is 0 Å². The quantitative estimate of drug-likeness (QED) is 0.258. The lowest BCUT2D eigenvalue weighted by Gasteiger charge is -2.27. The van der Waals surface area contributed by atoms with Gasteiger partial charge < -0.3 is 9.64 Å². The van der Waals surface area contributed by atoms with E-state index in [0.29, 0.717) is 17.7 Å². The van der Waals surface area contributed by atoms with Crippen LogP contribution in [0.1, 0.15) is 43.0 Å². The Bertz CT molecular complexity index is 1080. The lowest BCUT2D eigenvalue weighted by Crippen LogP contribution is -2.28. The molecule has 2 aromatic rings. The molecule has 190 valence electrons. The highest BCUT2D eigenvalue weighted by Gasteiger charge is 2.30. The van der Waals surface area contributed by atoms with E-state index in [4.69, 9.17) is 4.74 Å². The van der Waals surface area contributed by atoms with Gasteiger partial charge in [-0.3, -0.25) is 4.90 Å². The van der Waals surface area contributed by atoms with Crippen LogP contribution in [0.15, 0.2) is 73.0 Å². The molecule has 0 atom stereocenters. The van der Waals surface area contributed by atoms with Gasteiger partial charge in [-0.2, -0.15) is 13.2 Å². The van der Waals surface area contributed by atoms with Gasteiger partial charge in [-0.05, 0) is 86.9 Å². The zero-order chi connectivity index (χ0) is 26.6. The number of likely N-dealkylation sites (N-methyl/N-ethyl adjacent to an activating group) is 2. The molecule has 0 bridgehead atoms. The fraction of sp³-hybridized carbons (Fsp3) is 0.379. The first-order chi connectivity index (χ1) is 16.1. The number of rotatable bonds is 10. The van der Waals surface area contributed by atoms with Crippen LogP contribution in [0.2, 0.25) is 0 Å². The molecule has 2 rings (SSSR count). The van der Waals surface area contributed by atoms with Crippen LogP contribution < -0.4 is 4.74 Å². The summed E-state index contributed by atoms with van der Waals surface area (Å²) >= 11 is 0. The standard InChI is InChI=1S/C29H37F3N2O/c1-10-28(5,6)35-27-16-11-23(17-20(27)2)18-34(9)19-26(33(7)8)22(4)21(3)24-12-14-25(15-13-24)29(30,31)32/h10-17H,1,3,18-19H2,2,4-9H3/b26-22-. The smallest absolute Gasteiger partial charge is 0.416 e. The molecule has 0 N–H and O–H groups in total. The zero-order valence-electron chi connectivity index (χ0n) is 21.9. The van der Waals surface area contributed by atoms with Crippen LogP contribution in [0.3, 0.4) is 0 Å².